The molecule has 7 rings (SSSR count). The van der Waals surface area contributed by atoms with E-state index in [-0.39, 0.29) is 16.6 Å². The highest BCUT2D eigenvalue weighted by atomic mass is 16.5. The minimum Gasteiger partial charge on any atom is -0.359 e. The average Bonchev–Trinajstić information content (AvgIpc) is 3.51. The molecule has 35 heavy (non-hydrogen) atoms. The molecule has 1 saturated heterocycles. The zero-order chi connectivity index (χ0) is 23.8. The number of aliphatic imine (C=N–C) groups is 1. The summed E-state index contributed by atoms with van der Waals surface area (Å²) in [6.07, 6.45) is 21.6. The normalized spacial score (nSPS) is 41.7. The highest BCUT2D eigenvalue weighted by molar-refractivity contribution is 5.56. The maximum atomic E-state index is 7.46. The second kappa shape index (κ2) is 7.76. The monoisotopic (exact) mass is 468 g/mol. The Balaban J connectivity index is 1.20. The van der Waals surface area contributed by atoms with Gasteiger partial charge >= 0.3 is 0 Å². The molecule has 1 aromatic rings. The maximum Gasteiger partial charge on any atom is 0.0974 e. The van der Waals surface area contributed by atoms with Crippen LogP contribution in [0.5, 0.6) is 0 Å². The Bertz CT molecular complexity index is 1160. The lowest BCUT2D eigenvalue weighted by Crippen LogP contribution is -2.55. The highest BCUT2D eigenvalue weighted by Gasteiger charge is 2.66. The van der Waals surface area contributed by atoms with Gasteiger partial charge in [-0.1, -0.05) is 37.3 Å². The summed E-state index contributed by atoms with van der Waals surface area (Å²) in [7, 11) is 0. The van der Waals surface area contributed by atoms with E-state index in [2.05, 4.69) is 67.3 Å². The fraction of sp³-hybridized carbons (Fsp3) is 0.594. The number of rotatable bonds is 5. The summed E-state index contributed by atoms with van der Waals surface area (Å²) in [4.78, 5) is 3.89. The molecule has 184 valence electrons. The Hall–Kier alpha value is -1.97. The van der Waals surface area contributed by atoms with Gasteiger partial charge in [0.1, 0.15) is 0 Å². The Morgan fingerprint density at radius 2 is 2.00 bits per heavy atom. The molecule has 2 bridgehead atoms. The van der Waals surface area contributed by atoms with Crippen LogP contribution in [0.3, 0.4) is 0 Å². The summed E-state index contributed by atoms with van der Waals surface area (Å²) in [6, 6.07) is 8.50. The van der Waals surface area contributed by atoms with E-state index in [1.165, 1.54) is 86.5 Å². The summed E-state index contributed by atoms with van der Waals surface area (Å²) < 4.78 is 7.46. The van der Waals surface area contributed by atoms with E-state index in [0.717, 1.165) is 6.04 Å². The van der Waals surface area contributed by atoms with Crippen molar-refractivity contribution < 1.29 is 4.74 Å². The van der Waals surface area contributed by atoms with Gasteiger partial charge in [0.05, 0.1) is 11.2 Å². The lowest BCUT2D eigenvalue weighted by atomic mass is 9.58. The SMILES string of the molecule is C=N/C=C\c1ccc([C@H]2CC[C@@H]3[C@]2(C)CC=C2C=C4CC[C@H](NC5CC5)C[C@]45CC[C@@]23O5)cc1C. The minimum atomic E-state index is -0.0555. The molecule has 0 amide bonds. The minimum absolute atomic E-state index is 0.00222. The fourth-order valence-corrected chi connectivity index (χ4v) is 8.92. The first-order chi connectivity index (χ1) is 17.0. The van der Waals surface area contributed by atoms with Crippen LogP contribution in [0.4, 0.5) is 0 Å². The van der Waals surface area contributed by atoms with Gasteiger partial charge in [-0.3, -0.25) is 4.99 Å². The Morgan fingerprint density at radius 3 is 2.80 bits per heavy atom. The zero-order valence-electron chi connectivity index (χ0n) is 21.5. The van der Waals surface area contributed by atoms with E-state index >= 15 is 0 Å². The first-order valence-corrected chi connectivity index (χ1v) is 14.1. The molecule has 1 N–H and O–H groups in total. The summed E-state index contributed by atoms with van der Waals surface area (Å²) in [5.41, 5.74) is 7.43. The summed E-state index contributed by atoms with van der Waals surface area (Å²) >= 11 is 0. The number of hydrogen-bond acceptors (Lipinski definition) is 3. The quantitative estimate of drug-likeness (QED) is 0.471. The Labute approximate surface area is 210 Å². The van der Waals surface area contributed by atoms with Crippen LogP contribution in [0.25, 0.3) is 6.08 Å². The van der Waals surface area contributed by atoms with Gasteiger partial charge in [0.2, 0.25) is 0 Å². The van der Waals surface area contributed by atoms with E-state index in [9.17, 15) is 0 Å². The van der Waals surface area contributed by atoms with Gasteiger partial charge < -0.3 is 10.1 Å². The van der Waals surface area contributed by atoms with Crippen molar-refractivity contribution in [2.24, 2.45) is 16.3 Å². The van der Waals surface area contributed by atoms with Crippen molar-refractivity contribution in [3.8, 4) is 0 Å². The van der Waals surface area contributed by atoms with Crippen molar-refractivity contribution in [2.75, 3.05) is 0 Å². The molecule has 0 aromatic heterocycles. The molecule has 2 heterocycles. The topological polar surface area (TPSA) is 33.6 Å². The molecule has 2 spiro atoms. The van der Waals surface area contributed by atoms with Gasteiger partial charge in [0.25, 0.3) is 0 Å². The maximum absolute atomic E-state index is 7.46. The van der Waals surface area contributed by atoms with Gasteiger partial charge in [-0.25, -0.2) is 0 Å². The number of fused-ring (bicyclic) bond motifs is 1. The van der Waals surface area contributed by atoms with Gasteiger partial charge in [0.15, 0.2) is 0 Å². The third kappa shape index (κ3) is 3.27. The average molecular weight is 469 g/mol. The number of aryl methyl sites for hydroxylation is 1. The van der Waals surface area contributed by atoms with Crippen molar-refractivity contribution in [3.63, 3.8) is 0 Å². The van der Waals surface area contributed by atoms with Gasteiger partial charge in [0, 0.05) is 18.3 Å². The van der Waals surface area contributed by atoms with Crippen LogP contribution >= 0.6 is 0 Å². The number of nitrogens with one attached hydrogen (secondary N) is 1. The van der Waals surface area contributed by atoms with Crippen molar-refractivity contribution in [2.45, 2.75) is 107 Å². The third-order valence-electron chi connectivity index (χ3n) is 10.8. The number of ether oxygens (including phenoxy) is 1. The predicted octanol–water partition coefficient (Wildman–Crippen LogP) is 7.03. The molecule has 3 saturated carbocycles. The number of nitrogens with zero attached hydrogens (tertiary/aromatic N) is 1. The summed E-state index contributed by atoms with van der Waals surface area (Å²) in [5, 5.41) is 3.94. The molecule has 2 aliphatic heterocycles. The van der Waals surface area contributed by atoms with Crippen LogP contribution in [0, 0.1) is 18.3 Å². The molecule has 3 nitrogen and oxygen atoms in total. The van der Waals surface area contributed by atoms with Crippen molar-refractivity contribution in [1.29, 1.82) is 0 Å². The van der Waals surface area contributed by atoms with Crippen molar-refractivity contribution >= 4 is 12.8 Å². The molecule has 4 aliphatic carbocycles. The lowest BCUT2D eigenvalue weighted by molar-refractivity contribution is -0.136. The summed E-state index contributed by atoms with van der Waals surface area (Å²) in [6.45, 7) is 8.38. The molecule has 6 atom stereocenters. The third-order valence-corrected chi connectivity index (χ3v) is 10.8. The second-order valence-electron chi connectivity index (χ2n) is 12.7. The van der Waals surface area contributed by atoms with Crippen LogP contribution in [-0.4, -0.2) is 30.0 Å². The lowest BCUT2D eigenvalue weighted by Gasteiger charge is -2.54. The van der Waals surface area contributed by atoms with Crippen molar-refractivity contribution in [1.82, 2.24) is 5.32 Å². The highest BCUT2D eigenvalue weighted by Crippen LogP contribution is 2.69. The summed E-state index contributed by atoms with van der Waals surface area (Å²) in [5.74, 6) is 1.20. The van der Waals surface area contributed by atoms with Crippen LogP contribution in [0.15, 0.2) is 52.7 Å². The largest absolute Gasteiger partial charge is 0.359 e. The molecule has 4 fully saturated rings. The number of benzene rings is 1. The molecule has 3 heteroatoms. The molecular weight excluding hydrogens is 428 g/mol. The Morgan fingerprint density at radius 1 is 1.11 bits per heavy atom. The van der Waals surface area contributed by atoms with Crippen LogP contribution < -0.4 is 5.32 Å². The van der Waals surface area contributed by atoms with Gasteiger partial charge in [-0.15, -0.1) is 0 Å². The number of allylic oxidation sites excluding steroid dienone is 1. The zero-order valence-corrected chi connectivity index (χ0v) is 21.5. The van der Waals surface area contributed by atoms with Crippen LogP contribution in [0.1, 0.15) is 93.7 Å². The van der Waals surface area contributed by atoms with Gasteiger partial charge in [-0.05, 0) is 129 Å². The first kappa shape index (κ1) is 22.2. The molecule has 6 aliphatic rings. The van der Waals surface area contributed by atoms with E-state index in [1.54, 1.807) is 11.8 Å². The fourth-order valence-electron chi connectivity index (χ4n) is 8.92. The smallest absolute Gasteiger partial charge is 0.0974 e. The first-order valence-electron chi connectivity index (χ1n) is 14.1. The van der Waals surface area contributed by atoms with Crippen LogP contribution in [-0.2, 0) is 4.74 Å². The second-order valence-corrected chi connectivity index (χ2v) is 12.7. The molecule has 0 radical (unpaired) electrons. The standard InChI is InChI=1S/C32H40N2O/c1-21-18-23(5-4-22(21)13-17-33-3)28-10-11-29-30(28,2)14-12-25-19-24-6-7-27(34-26-8-9-26)20-31(24)15-16-32(25,29)35-31/h4-5,12-13,17-19,26-29,34H,3,6-11,14-16,20H2,1-2H3/b17-13-/t27-,28+,29+,30+,31+,32+/m0/s1. The van der Waals surface area contributed by atoms with E-state index in [1.807, 2.05) is 0 Å². The number of hydrogen-bond donors (Lipinski definition) is 1. The van der Waals surface area contributed by atoms with E-state index in [0.29, 0.717) is 17.9 Å². The van der Waals surface area contributed by atoms with E-state index < -0.39 is 0 Å². The van der Waals surface area contributed by atoms with E-state index in [4.69, 9.17) is 4.74 Å². The molecule has 1 aromatic carbocycles. The van der Waals surface area contributed by atoms with Crippen LogP contribution in [0.2, 0.25) is 0 Å². The van der Waals surface area contributed by atoms with Crippen molar-refractivity contribution in [3.05, 3.63) is 64.4 Å². The molecule has 0 unspecified atom stereocenters. The predicted molar refractivity (Wildman–Crippen MR) is 144 cm³/mol. The Kier molecular flexibility index (Phi) is 4.93. The van der Waals surface area contributed by atoms with Gasteiger partial charge in [-0.2, -0.15) is 0 Å². The molecular formula is C32H40N2O.